The topological polar surface area (TPSA) is 155 Å². The molecule has 0 atom stereocenters. The van der Waals surface area contributed by atoms with E-state index >= 15 is 0 Å². The van der Waals surface area contributed by atoms with E-state index in [0.29, 0.717) is 23.1 Å². The molecule has 0 unspecified atom stereocenters. The van der Waals surface area contributed by atoms with Crippen molar-refractivity contribution in [3.63, 3.8) is 0 Å². The third kappa shape index (κ3) is 7.44. The fourth-order valence-corrected chi connectivity index (χ4v) is 5.73. The zero-order valence-electron chi connectivity index (χ0n) is 23.2. The molecule has 0 bridgehead atoms. The number of thioether (sulfide) groups is 1. The highest BCUT2D eigenvalue weighted by molar-refractivity contribution is 7.99. The third-order valence-corrected chi connectivity index (χ3v) is 7.96. The number of ether oxygens (including phenoxy) is 2. The van der Waals surface area contributed by atoms with E-state index in [1.54, 1.807) is 32.9 Å². The summed E-state index contributed by atoms with van der Waals surface area (Å²) in [5.74, 6) is -1.46. The molecule has 0 aliphatic carbocycles. The molecule has 0 saturated heterocycles. The van der Waals surface area contributed by atoms with Gasteiger partial charge in [0, 0.05) is 0 Å². The van der Waals surface area contributed by atoms with E-state index in [9.17, 15) is 19.2 Å². The van der Waals surface area contributed by atoms with Crippen LogP contribution < -0.4 is 10.6 Å². The number of furan rings is 1. The molecule has 42 heavy (non-hydrogen) atoms. The molecule has 3 aromatic heterocycles. The average molecular weight is 612 g/mol. The van der Waals surface area contributed by atoms with Crippen LogP contribution in [0.3, 0.4) is 0 Å². The SMILES string of the molecule is CCOC(=O)c1sc(NC(=O)CSc2nnc(CNC(=O)c3ccco3)n2Cc2ccccc2)c(C(=O)OCC)c1C. The first kappa shape index (κ1) is 30.5. The standard InChI is InChI=1S/C28H29N5O7S2/c1-4-38-26(36)22-17(3)23(27(37)39-5-2)42-25(22)30-21(34)16-41-28-32-31-20(14-29-24(35)19-12-9-13-40-19)33(28)15-18-10-7-6-8-11-18/h6-13H,4-5,14-16H2,1-3H3,(H,29,35)(H,30,34). The Morgan fingerprint density at radius 1 is 1.00 bits per heavy atom. The lowest BCUT2D eigenvalue weighted by molar-refractivity contribution is -0.113. The van der Waals surface area contributed by atoms with Crippen molar-refractivity contribution in [1.82, 2.24) is 20.1 Å². The molecule has 0 aliphatic heterocycles. The zero-order valence-corrected chi connectivity index (χ0v) is 24.8. The highest BCUT2D eigenvalue weighted by Crippen LogP contribution is 2.34. The van der Waals surface area contributed by atoms with Crippen molar-refractivity contribution < 1.29 is 33.1 Å². The van der Waals surface area contributed by atoms with E-state index < -0.39 is 23.8 Å². The average Bonchev–Trinajstić information content (AvgIpc) is 3.71. The smallest absolute Gasteiger partial charge is 0.348 e. The first-order chi connectivity index (χ1) is 20.3. The predicted octanol–water partition coefficient (Wildman–Crippen LogP) is 4.30. The molecule has 12 nitrogen and oxygen atoms in total. The first-order valence-electron chi connectivity index (χ1n) is 13.0. The molecule has 4 rings (SSSR count). The van der Waals surface area contributed by atoms with Crippen molar-refractivity contribution in [1.29, 1.82) is 0 Å². The van der Waals surface area contributed by atoms with Gasteiger partial charge in [0.2, 0.25) is 5.91 Å². The number of carbonyl (C=O) groups is 4. The lowest BCUT2D eigenvalue weighted by Crippen LogP contribution is -2.24. The quantitative estimate of drug-likeness (QED) is 0.165. The van der Waals surface area contributed by atoms with Crippen LogP contribution in [0.5, 0.6) is 0 Å². The largest absolute Gasteiger partial charge is 0.462 e. The summed E-state index contributed by atoms with van der Waals surface area (Å²) in [5, 5.41) is 14.7. The lowest BCUT2D eigenvalue weighted by atomic mass is 10.1. The minimum absolute atomic E-state index is 0.0698. The van der Waals surface area contributed by atoms with Gasteiger partial charge in [0.1, 0.15) is 9.88 Å². The summed E-state index contributed by atoms with van der Waals surface area (Å²) < 4.78 is 17.2. The Hall–Kier alpha value is -4.43. The normalized spacial score (nSPS) is 10.7. The Bertz CT molecular complexity index is 1550. The molecule has 0 saturated carbocycles. The number of carbonyl (C=O) groups excluding carboxylic acids is 4. The Balaban J connectivity index is 1.50. The Kier molecular flexibility index (Phi) is 10.5. The van der Waals surface area contributed by atoms with E-state index in [0.717, 1.165) is 28.7 Å². The molecular formula is C28H29N5O7S2. The van der Waals surface area contributed by atoms with Gasteiger partial charge in [-0.25, -0.2) is 9.59 Å². The van der Waals surface area contributed by atoms with Crippen molar-refractivity contribution in [3.05, 3.63) is 81.9 Å². The fourth-order valence-electron chi connectivity index (χ4n) is 3.87. The van der Waals surface area contributed by atoms with Crippen molar-refractivity contribution in [2.45, 2.75) is 39.0 Å². The van der Waals surface area contributed by atoms with Gasteiger partial charge in [-0.1, -0.05) is 42.1 Å². The Morgan fingerprint density at radius 3 is 2.43 bits per heavy atom. The van der Waals surface area contributed by atoms with E-state index in [1.165, 1.54) is 6.26 Å². The monoisotopic (exact) mass is 611 g/mol. The molecule has 14 heteroatoms. The molecule has 0 spiro atoms. The summed E-state index contributed by atoms with van der Waals surface area (Å²) in [4.78, 5) is 50.7. The van der Waals surface area contributed by atoms with Crippen LogP contribution in [-0.4, -0.2) is 57.5 Å². The number of aromatic nitrogens is 3. The second-order valence-electron chi connectivity index (χ2n) is 8.67. The lowest BCUT2D eigenvalue weighted by Gasteiger charge is -2.11. The second-order valence-corrected chi connectivity index (χ2v) is 10.6. The van der Waals surface area contributed by atoms with Crippen molar-refractivity contribution in [2.75, 3.05) is 24.3 Å². The summed E-state index contributed by atoms with van der Waals surface area (Å²) in [6, 6.07) is 12.8. The number of hydrogen-bond donors (Lipinski definition) is 2. The number of thiophene rings is 1. The second kappa shape index (κ2) is 14.5. The van der Waals surface area contributed by atoms with Crippen molar-refractivity contribution >= 4 is 51.9 Å². The van der Waals surface area contributed by atoms with Crippen LogP contribution in [0, 0.1) is 6.92 Å². The van der Waals surface area contributed by atoms with E-state index in [4.69, 9.17) is 13.9 Å². The van der Waals surface area contributed by atoms with Crippen LogP contribution in [0.25, 0.3) is 0 Å². The molecule has 4 aromatic rings. The Labute approximate surface area is 249 Å². The van der Waals surface area contributed by atoms with Crippen LogP contribution in [-0.2, 0) is 27.4 Å². The summed E-state index contributed by atoms with van der Waals surface area (Å²) in [6.07, 6.45) is 1.41. The van der Waals surface area contributed by atoms with Crippen LogP contribution >= 0.6 is 23.1 Å². The minimum atomic E-state index is -0.645. The number of hydrogen-bond acceptors (Lipinski definition) is 11. The van der Waals surface area contributed by atoms with Crippen LogP contribution in [0.4, 0.5) is 5.00 Å². The van der Waals surface area contributed by atoms with E-state index in [2.05, 4.69) is 20.8 Å². The van der Waals surface area contributed by atoms with E-state index in [1.807, 2.05) is 34.9 Å². The highest BCUT2D eigenvalue weighted by atomic mass is 32.2. The zero-order chi connectivity index (χ0) is 30.1. The van der Waals surface area contributed by atoms with Gasteiger partial charge >= 0.3 is 11.9 Å². The maximum absolute atomic E-state index is 13.0. The van der Waals surface area contributed by atoms with Gasteiger partial charge in [0.15, 0.2) is 16.7 Å². The van der Waals surface area contributed by atoms with Gasteiger partial charge in [0.25, 0.3) is 5.91 Å². The van der Waals surface area contributed by atoms with Crippen LogP contribution in [0.15, 0.2) is 58.3 Å². The number of amides is 2. The van der Waals surface area contributed by atoms with Gasteiger partial charge in [-0.15, -0.1) is 21.5 Å². The number of benzene rings is 1. The Morgan fingerprint density at radius 2 is 1.74 bits per heavy atom. The molecule has 0 aliphatic rings. The maximum Gasteiger partial charge on any atom is 0.348 e. The summed E-state index contributed by atoms with van der Waals surface area (Å²) >= 11 is 2.10. The highest BCUT2D eigenvalue weighted by Gasteiger charge is 2.27. The molecule has 220 valence electrons. The van der Waals surface area contributed by atoms with Crippen molar-refractivity contribution in [3.8, 4) is 0 Å². The molecule has 0 fully saturated rings. The number of nitrogens with one attached hydrogen (secondary N) is 2. The number of rotatable bonds is 13. The van der Waals surface area contributed by atoms with Gasteiger partial charge in [-0.2, -0.15) is 0 Å². The van der Waals surface area contributed by atoms with E-state index in [-0.39, 0.29) is 46.7 Å². The molecule has 3 heterocycles. The summed E-state index contributed by atoms with van der Waals surface area (Å²) in [7, 11) is 0. The fraction of sp³-hybridized carbons (Fsp3) is 0.286. The molecule has 2 N–H and O–H groups in total. The van der Waals surface area contributed by atoms with Gasteiger partial charge in [-0.3, -0.25) is 9.59 Å². The van der Waals surface area contributed by atoms with Crippen LogP contribution in [0.1, 0.15) is 61.4 Å². The number of esters is 2. The van der Waals surface area contributed by atoms with Gasteiger partial charge in [-0.05, 0) is 44.0 Å². The summed E-state index contributed by atoms with van der Waals surface area (Å²) in [5.41, 5.74) is 1.47. The molecule has 1 aromatic carbocycles. The van der Waals surface area contributed by atoms with Gasteiger partial charge < -0.3 is 29.1 Å². The van der Waals surface area contributed by atoms with Crippen LogP contribution in [0.2, 0.25) is 0 Å². The molecular weight excluding hydrogens is 582 g/mol. The van der Waals surface area contributed by atoms with Gasteiger partial charge in [0.05, 0.1) is 43.9 Å². The predicted molar refractivity (Wildman–Crippen MR) is 156 cm³/mol. The number of anilines is 1. The molecule has 0 radical (unpaired) electrons. The third-order valence-electron chi connectivity index (χ3n) is 5.80. The first-order valence-corrected chi connectivity index (χ1v) is 14.8. The molecule has 2 amide bonds. The summed E-state index contributed by atoms with van der Waals surface area (Å²) in [6.45, 7) is 5.75. The van der Waals surface area contributed by atoms with Crippen molar-refractivity contribution in [2.24, 2.45) is 0 Å². The number of nitrogens with zero attached hydrogens (tertiary/aromatic N) is 3. The minimum Gasteiger partial charge on any atom is -0.462 e. The maximum atomic E-state index is 13.0.